The Kier molecular flexibility index (Phi) is 7.98. The molecule has 0 radical (unpaired) electrons. The normalized spacial score (nSPS) is 11.4. The van der Waals surface area contributed by atoms with Crippen LogP contribution in [0.3, 0.4) is 0 Å². The molecule has 1 aromatic carbocycles. The predicted octanol–water partition coefficient (Wildman–Crippen LogP) is 1.76. The second-order valence-electron chi connectivity index (χ2n) is 6.60. The molecule has 0 aliphatic rings. The second kappa shape index (κ2) is 10.4. The highest BCUT2D eigenvalue weighted by Gasteiger charge is 2.09. The maximum Gasteiger partial charge on any atom is 0.243 e. The lowest BCUT2D eigenvalue weighted by molar-refractivity contribution is -0.127. The number of amides is 1. The number of rotatable bonds is 9. The van der Waals surface area contributed by atoms with Gasteiger partial charge in [0.2, 0.25) is 5.91 Å². The van der Waals surface area contributed by atoms with Gasteiger partial charge < -0.3 is 30.0 Å². The Balaban J connectivity index is 1.92. The lowest BCUT2D eigenvalue weighted by Crippen LogP contribution is -2.39. The average molecular weight is 390 g/mol. The lowest BCUT2D eigenvalue weighted by atomic mass is 10.2. The summed E-state index contributed by atoms with van der Waals surface area (Å²) in [6, 6.07) is 5.97. The number of fused-ring (bicyclic) bond motifs is 1. The first-order valence-corrected chi connectivity index (χ1v) is 9.44. The van der Waals surface area contributed by atoms with Crippen LogP contribution in [0.1, 0.15) is 19.0 Å². The monoisotopic (exact) mass is 389 g/mol. The Hall–Kier alpha value is -2.90. The molecule has 2 rings (SSSR count). The minimum absolute atomic E-state index is 0.0281. The summed E-state index contributed by atoms with van der Waals surface area (Å²) >= 11 is 0. The van der Waals surface area contributed by atoms with E-state index < -0.39 is 0 Å². The van der Waals surface area contributed by atoms with Gasteiger partial charge in [0.05, 0.1) is 19.7 Å². The number of nitrogens with zero attached hydrogens (tertiary/aromatic N) is 2. The van der Waals surface area contributed by atoms with Crippen molar-refractivity contribution in [1.29, 1.82) is 0 Å². The maximum atomic E-state index is 11.7. The maximum absolute atomic E-state index is 11.7. The molecule has 0 saturated carbocycles. The third-order valence-electron chi connectivity index (χ3n) is 4.32. The number of carbonyl (C=O) groups excluding carboxylic acids is 1. The van der Waals surface area contributed by atoms with Crippen LogP contribution in [0, 0.1) is 0 Å². The number of methoxy groups -OCH3 is 2. The molecule has 0 atom stereocenters. The number of aryl methyl sites for hydroxylation is 1. The van der Waals surface area contributed by atoms with E-state index in [-0.39, 0.29) is 12.5 Å². The summed E-state index contributed by atoms with van der Waals surface area (Å²) in [7, 11) is 6.76. The number of aromatic nitrogens is 1. The van der Waals surface area contributed by atoms with Crippen molar-refractivity contribution in [2.45, 2.75) is 19.8 Å². The van der Waals surface area contributed by atoms with Crippen LogP contribution in [0.25, 0.3) is 10.9 Å². The van der Waals surface area contributed by atoms with Gasteiger partial charge in [0.15, 0.2) is 5.96 Å². The van der Waals surface area contributed by atoms with Crippen LogP contribution in [0.2, 0.25) is 0 Å². The van der Waals surface area contributed by atoms with Gasteiger partial charge in [0.25, 0.3) is 0 Å². The van der Waals surface area contributed by atoms with Crippen molar-refractivity contribution in [2.24, 2.45) is 4.99 Å². The van der Waals surface area contributed by atoms with Crippen molar-refractivity contribution in [3.05, 3.63) is 23.9 Å². The van der Waals surface area contributed by atoms with Crippen LogP contribution < -0.4 is 20.1 Å². The van der Waals surface area contributed by atoms with E-state index in [1.807, 2.05) is 19.1 Å². The number of nitrogens with one attached hydrogen (secondary N) is 3. The highest BCUT2D eigenvalue weighted by Crippen LogP contribution is 2.31. The smallest absolute Gasteiger partial charge is 0.243 e. The molecule has 8 heteroatoms. The van der Waals surface area contributed by atoms with Gasteiger partial charge in [0.1, 0.15) is 18.0 Å². The first-order valence-electron chi connectivity index (χ1n) is 9.44. The molecule has 2 aromatic rings. The molecule has 0 aliphatic heterocycles. The SMILES string of the molecule is CCNC(=NCC(=O)N(C)C)NCCCc1cc2c(OC)cc(OC)cc2[nH]1. The fourth-order valence-electron chi connectivity index (χ4n) is 2.77. The summed E-state index contributed by atoms with van der Waals surface area (Å²) in [5.74, 6) is 2.18. The number of guanidine groups is 1. The molecule has 0 spiro atoms. The fourth-order valence-corrected chi connectivity index (χ4v) is 2.77. The van der Waals surface area contributed by atoms with Gasteiger partial charge in [-0.2, -0.15) is 0 Å². The molecule has 1 amide bonds. The Labute approximate surface area is 166 Å². The van der Waals surface area contributed by atoms with E-state index in [2.05, 4.69) is 26.7 Å². The number of benzene rings is 1. The van der Waals surface area contributed by atoms with Crippen LogP contribution in [0.5, 0.6) is 11.5 Å². The lowest BCUT2D eigenvalue weighted by Gasteiger charge is -2.12. The number of hydrogen-bond acceptors (Lipinski definition) is 4. The van der Waals surface area contributed by atoms with Gasteiger partial charge in [-0.3, -0.25) is 4.79 Å². The first-order chi connectivity index (χ1) is 13.5. The minimum Gasteiger partial charge on any atom is -0.497 e. The minimum atomic E-state index is -0.0281. The largest absolute Gasteiger partial charge is 0.497 e. The molecule has 154 valence electrons. The zero-order valence-electron chi connectivity index (χ0n) is 17.4. The Morgan fingerprint density at radius 3 is 2.61 bits per heavy atom. The van der Waals surface area contributed by atoms with Crippen molar-refractivity contribution in [2.75, 3.05) is 47.9 Å². The van der Waals surface area contributed by atoms with Gasteiger partial charge in [-0.05, 0) is 25.8 Å². The summed E-state index contributed by atoms with van der Waals surface area (Å²) in [4.78, 5) is 21.0. The summed E-state index contributed by atoms with van der Waals surface area (Å²) < 4.78 is 10.8. The molecule has 28 heavy (non-hydrogen) atoms. The molecule has 0 saturated heterocycles. The summed E-state index contributed by atoms with van der Waals surface area (Å²) in [6.07, 6.45) is 1.79. The van der Waals surface area contributed by atoms with E-state index >= 15 is 0 Å². The van der Waals surface area contributed by atoms with Crippen molar-refractivity contribution in [3.8, 4) is 11.5 Å². The van der Waals surface area contributed by atoms with E-state index in [0.29, 0.717) is 5.96 Å². The van der Waals surface area contributed by atoms with Crippen molar-refractivity contribution < 1.29 is 14.3 Å². The summed E-state index contributed by atoms with van der Waals surface area (Å²) in [6.45, 7) is 3.62. The van der Waals surface area contributed by atoms with E-state index in [9.17, 15) is 4.79 Å². The number of H-pyrrole nitrogens is 1. The number of likely N-dealkylation sites (N-methyl/N-ethyl adjacent to an activating group) is 1. The molecule has 8 nitrogen and oxygen atoms in total. The van der Waals surface area contributed by atoms with Gasteiger partial charge >= 0.3 is 0 Å². The van der Waals surface area contributed by atoms with E-state index in [1.165, 1.54) is 4.90 Å². The topological polar surface area (TPSA) is 91.0 Å². The Morgan fingerprint density at radius 1 is 1.18 bits per heavy atom. The molecular formula is C20H31N5O3. The molecule has 1 heterocycles. The van der Waals surface area contributed by atoms with Gasteiger partial charge in [-0.15, -0.1) is 0 Å². The molecular weight excluding hydrogens is 358 g/mol. The van der Waals surface area contributed by atoms with E-state index in [1.54, 1.807) is 28.3 Å². The molecule has 3 N–H and O–H groups in total. The highest BCUT2D eigenvalue weighted by atomic mass is 16.5. The number of aromatic amines is 1. The third-order valence-corrected chi connectivity index (χ3v) is 4.32. The number of aliphatic imine (C=N–C) groups is 1. The van der Waals surface area contributed by atoms with Gasteiger partial charge in [0, 0.05) is 50.4 Å². The van der Waals surface area contributed by atoms with Crippen LogP contribution in [0.4, 0.5) is 0 Å². The average Bonchev–Trinajstić information content (AvgIpc) is 3.10. The molecule has 0 aliphatic carbocycles. The number of ether oxygens (including phenoxy) is 2. The standard InChI is InChI=1S/C20H31N5O3/c1-6-21-20(23-13-19(26)25(2)3)22-9-7-8-14-10-16-17(24-14)11-15(27-4)12-18(16)28-5/h10-12,24H,6-9,13H2,1-5H3,(H2,21,22,23). The Morgan fingerprint density at radius 2 is 1.96 bits per heavy atom. The van der Waals surface area contributed by atoms with Crippen LogP contribution >= 0.6 is 0 Å². The van der Waals surface area contributed by atoms with Crippen LogP contribution in [-0.4, -0.2) is 69.7 Å². The van der Waals surface area contributed by atoms with Crippen molar-refractivity contribution in [1.82, 2.24) is 20.5 Å². The molecule has 0 fully saturated rings. The fraction of sp³-hybridized carbons (Fsp3) is 0.500. The quantitative estimate of drug-likeness (QED) is 0.345. The second-order valence-corrected chi connectivity index (χ2v) is 6.60. The van der Waals surface area contributed by atoms with Crippen LogP contribution in [-0.2, 0) is 11.2 Å². The molecule has 0 unspecified atom stereocenters. The molecule has 1 aromatic heterocycles. The van der Waals surface area contributed by atoms with Crippen molar-refractivity contribution in [3.63, 3.8) is 0 Å². The Bertz CT molecular complexity index is 814. The van der Waals surface area contributed by atoms with Gasteiger partial charge in [-0.25, -0.2) is 4.99 Å². The van der Waals surface area contributed by atoms with Crippen LogP contribution in [0.15, 0.2) is 23.2 Å². The first kappa shape index (κ1) is 21.4. The number of carbonyl (C=O) groups is 1. The van der Waals surface area contributed by atoms with E-state index in [0.717, 1.165) is 54.0 Å². The molecule has 0 bridgehead atoms. The highest BCUT2D eigenvalue weighted by molar-refractivity contribution is 5.88. The van der Waals surface area contributed by atoms with E-state index in [4.69, 9.17) is 9.47 Å². The van der Waals surface area contributed by atoms with Gasteiger partial charge in [-0.1, -0.05) is 0 Å². The number of hydrogen-bond donors (Lipinski definition) is 3. The van der Waals surface area contributed by atoms with Crippen molar-refractivity contribution >= 4 is 22.8 Å². The third kappa shape index (κ3) is 5.80. The summed E-state index contributed by atoms with van der Waals surface area (Å²) in [5.41, 5.74) is 2.13. The zero-order chi connectivity index (χ0) is 20.5. The predicted molar refractivity (Wildman–Crippen MR) is 112 cm³/mol. The summed E-state index contributed by atoms with van der Waals surface area (Å²) in [5, 5.41) is 7.47. The zero-order valence-corrected chi connectivity index (χ0v) is 17.4.